The van der Waals surface area contributed by atoms with Crippen molar-refractivity contribution in [3.63, 3.8) is 0 Å². The van der Waals surface area contributed by atoms with Crippen LogP contribution in [0.5, 0.6) is 0 Å². The van der Waals surface area contributed by atoms with Crippen molar-refractivity contribution in [3.05, 3.63) is 192 Å². The van der Waals surface area contributed by atoms with E-state index in [1.54, 1.807) is 0 Å². The first-order valence-electron chi connectivity index (χ1n) is 18.3. The molecule has 242 valence electrons. The van der Waals surface area contributed by atoms with Gasteiger partial charge in [0.1, 0.15) is 0 Å². The average Bonchev–Trinajstić information content (AvgIpc) is 3.73. The standard InChI is InChI=1S/C49H33BN2/c1-2-50(31-30-33-24-25-36-27-26-34-18-13-19-35-28-29-39(33)47(36)46(34)35)51-44(40-20-9-11-22-42(40)48(51)37-14-5-3-6-15-37)32-45-41-21-10-12-23-43(41)49(52(45)50)38-16-7-4-8-17-38/h3-29,32H,2H2,1H3. The molecule has 0 N–H and O–H groups in total. The summed E-state index contributed by atoms with van der Waals surface area (Å²) in [6.07, 6.45) is 1.46. The summed E-state index contributed by atoms with van der Waals surface area (Å²) in [5.74, 6) is 8.06. The van der Waals surface area contributed by atoms with Gasteiger partial charge in [0.2, 0.25) is 0 Å². The fraction of sp³-hybridized carbons (Fsp3) is 0.0408. The Kier molecular flexibility index (Phi) is 6.13. The highest BCUT2D eigenvalue weighted by atomic mass is 15.2. The van der Waals surface area contributed by atoms with Gasteiger partial charge in [0.05, 0.1) is 11.1 Å². The molecule has 3 heteroatoms. The van der Waals surface area contributed by atoms with E-state index in [1.165, 1.54) is 88.1 Å². The smallest absolute Gasteiger partial charge is 0.443 e. The third-order valence-corrected chi connectivity index (χ3v) is 11.7. The molecule has 3 heterocycles. The molecular formula is C49H33BN2. The van der Waals surface area contributed by atoms with Gasteiger partial charge in [-0.15, -0.1) is 5.92 Å². The first-order chi connectivity index (χ1) is 25.7. The summed E-state index contributed by atoms with van der Waals surface area (Å²) in [4.78, 5) is 0. The molecule has 2 aliphatic heterocycles. The van der Waals surface area contributed by atoms with Crippen LogP contribution in [0, 0.1) is 11.7 Å². The van der Waals surface area contributed by atoms with Gasteiger partial charge in [-0.1, -0.05) is 147 Å². The van der Waals surface area contributed by atoms with Crippen LogP contribution in [-0.2, 0) is 0 Å². The molecule has 8 aromatic carbocycles. The van der Waals surface area contributed by atoms with Crippen LogP contribution in [-0.4, -0.2) is 21.1 Å². The maximum Gasteiger partial charge on any atom is 0.449 e. The Morgan fingerprint density at radius 2 is 1.15 bits per heavy atom. The van der Waals surface area contributed by atoms with Gasteiger partial charge in [0.15, 0.2) is 11.4 Å². The molecule has 1 unspecified atom stereocenters. The maximum absolute atomic E-state index is 4.15. The molecule has 0 aliphatic carbocycles. The number of benzene rings is 8. The molecule has 9 aromatic rings. The minimum absolute atomic E-state index is 0.814. The van der Waals surface area contributed by atoms with Crippen LogP contribution in [0.3, 0.4) is 0 Å². The van der Waals surface area contributed by atoms with E-state index >= 15 is 0 Å². The Morgan fingerprint density at radius 1 is 0.538 bits per heavy atom. The lowest BCUT2D eigenvalue weighted by Gasteiger charge is -2.39. The molecular weight excluding hydrogens is 627 g/mol. The SMILES string of the molecule is CC[B-]1(C#Cc2ccc3ccc4cccc5ccc2c3c45)n2c(c3ccccc3c2-c2ccccc2)C=C2c3ccccc3C(c3ccccc3)=[N+]21. The van der Waals surface area contributed by atoms with E-state index in [0.717, 1.165) is 11.9 Å². The minimum atomic E-state index is -1.78. The Balaban J connectivity index is 1.30. The molecule has 0 spiro atoms. The van der Waals surface area contributed by atoms with E-state index in [4.69, 9.17) is 0 Å². The van der Waals surface area contributed by atoms with E-state index in [9.17, 15) is 0 Å². The summed E-state index contributed by atoms with van der Waals surface area (Å²) >= 11 is 0. The van der Waals surface area contributed by atoms with Crippen LogP contribution < -0.4 is 0 Å². The lowest BCUT2D eigenvalue weighted by Crippen LogP contribution is -2.56. The predicted molar refractivity (Wildman–Crippen MR) is 220 cm³/mol. The summed E-state index contributed by atoms with van der Waals surface area (Å²) in [7, 11) is 0. The lowest BCUT2D eigenvalue weighted by molar-refractivity contribution is -0.284. The molecule has 11 rings (SSSR count). The molecule has 52 heavy (non-hydrogen) atoms. The third kappa shape index (κ3) is 3.90. The van der Waals surface area contributed by atoms with Crippen molar-refractivity contribution in [1.82, 2.24) is 4.48 Å². The van der Waals surface area contributed by atoms with E-state index in [2.05, 4.69) is 197 Å². The van der Waals surface area contributed by atoms with Gasteiger partial charge < -0.3 is 8.96 Å². The summed E-state index contributed by atoms with van der Waals surface area (Å²) in [6, 6.07) is 59.8. The van der Waals surface area contributed by atoms with E-state index in [-0.39, 0.29) is 0 Å². The first kappa shape index (κ1) is 29.1. The number of hydrogen-bond donors (Lipinski definition) is 0. The zero-order valence-electron chi connectivity index (χ0n) is 28.8. The molecule has 2 aliphatic rings. The number of rotatable bonds is 3. The minimum Gasteiger partial charge on any atom is -0.443 e. The van der Waals surface area contributed by atoms with Gasteiger partial charge in [-0.2, -0.15) is 0 Å². The summed E-state index contributed by atoms with van der Waals surface area (Å²) in [5.41, 5.74) is 10.8. The van der Waals surface area contributed by atoms with Crippen molar-refractivity contribution in [2.24, 2.45) is 0 Å². The molecule has 0 saturated heterocycles. The van der Waals surface area contributed by atoms with Gasteiger partial charge in [0, 0.05) is 39.4 Å². The normalized spacial score (nSPS) is 16.2. The zero-order chi connectivity index (χ0) is 34.4. The number of nitrogens with zero attached hydrogens (tertiary/aromatic N) is 2. The highest BCUT2D eigenvalue weighted by molar-refractivity contribution is 6.81. The second kappa shape index (κ2) is 10.9. The highest BCUT2D eigenvalue weighted by Crippen LogP contribution is 2.46. The Morgan fingerprint density at radius 3 is 1.90 bits per heavy atom. The van der Waals surface area contributed by atoms with Crippen LogP contribution >= 0.6 is 0 Å². The molecule has 1 aromatic heterocycles. The van der Waals surface area contributed by atoms with Crippen molar-refractivity contribution in [2.45, 2.75) is 13.2 Å². The molecule has 2 nitrogen and oxygen atoms in total. The van der Waals surface area contributed by atoms with Gasteiger partial charge in [-0.25, -0.2) is 5.82 Å². The molecule has 1 atom stereocenters. The van der Waals surface area contributed by atoms with E-state index < -0.39 is 6.42 Å². The van der Waals surface area contributed by atoms with Crippen molar-refractivity contribution in [1.29, 1.82) is 0 Å². The van der Waals surface area contributed by atoms with E-state index in [1.807, 2.05) is 0 Å². The predicted octanol–water partition coefficient (Wildman–Crippen LogP) is 11.5. The fourth-order valence-corrected chi connectivity index (χ4v) is 9.43. The fourth-order valence-electron chi connectivity index (χ4n) is 9.43. The second-order valence-electron chi connectivity index (χ2n) is 14.3. The topological polar surface area (TPSA) is 7.94 Å². The van der Waals surface area contributed by atoms with Crippen molar-refractivity contribution in [2.75, 3.05) is 0 Å². The third-order valence-electron chi connectivity index (χ3n) is 11.7. The highest BCUT2D eigenvalue weighted by Gasteiger charge is 2.51. The quantitative estimate of drug-likeness (QED) is 0.101. The maximum atomic E-state index is 4.15. The molecule has 0 bridgehead atoms. The van der Waals surface area contributed by atoms with Crippen molar-refractivity contribution in [3.8, 4) is 23.0 Å². The van der Waals surface area contributed by atoms with Crippen LogP contribution in [0.15, 0.2) is 164 Å². The first-order valence-corrected chi connectivity index (χ1v) is 18.3. The van der Waals surface area contributed by atoms with Crippen molar-refractivity contribution >= 4 is 67.0 Å². The monoisotopic (exact) mass is 660 g/mol. The van der Waals surface area contributed by atoms with E-state index in [0.29, 0.717) is 0 Å². The Bertz CT molecular complexity index is 3030. The Labute approximate surface area is 302 Å². The average molecular weight is 661 g/mol. The van der Waals surface area contributed by atoms with Crippen molar-refractivity contribution < 1.29 is 4.49 Å². The van der Waals surface area contributed by atoms with Crippen LogP contribution in [0.1, 0.15) is 34.9 Å². The van der Waals surface area contributed by atoms with Crippen LogP contribution in [0.25, 0.3) is 66.1 Å². The molecule has 0 amide bonds. The molecule has 0 fully saturated rings. The summed E-state index contributed by atoms with van der Waals surface area (Å²) in [6.45, 7) is 2.33. The van der Waals surface area contributed by atoms with Gasteiger partial charge >= 0.3 is 6.42 Å². The number of aromatic nitrogens is 1. The van der Waals surface area contributed by atoms with Crippen LogP contribution in [0.4, 0.5) is 0 Å². The van der Waals surface area contributed by atoms with Crippen LogP contribution in [0.2, 0.25) is 6.32 Å². The summed E-state index contributed by atoms with van der Waals surface area (Å²) in [5, 5.41) is 10.1. The largest absolute Gasteiger partial charge is 0.449 e. The number of hydrogen-bond acceptors (Lipinski definition) is 0. The number of fused-ring (bicyclic) bond motifs is 6. The zero-order valence-corrected chi connectivity index (χ0v) is 28.8. The summed E-state index contributed by atoms with van der Waals surface area (Å²) < 4.78 is 5.25. The lowest BCUT2D eigenvalue weighted by atomic mass is 9.42. The van der Waals surface area contributed by atoms with Gasteiger partial charge in [-0.3, -0.25) is 0 Å². The Hall–Kier alpha value is -6.63. The van der Waals surface area contributed by atoms with Gasteiger partial charge in [-0.05, 0) is 68.2 Å². The second-order valence-corrected chi connectivity index (χ2v) is 14.3. The molecule has 0 radical (unpaired) electrons. The molecule has 0 saturated carbocycles. The van der Waals surface area contributed by atoms with Gasteiger partial charge in [0.25, 0.3) is 0 Å².